The number of aryl methyl sites for hydroxylation is 1. The molecule has 3 aromatic rings. The Morgan fingerprint density at radius 3 is 2.62 bits per heavy atom. The van der Waals surface area contributed by atoms with Crippen LogP contribution < -0.4 is 0 Å². The molecule has 8 heteroatoms. The predicted octanol–water partition coefficient (Wildman–Crippen LogP) is 4.37. The third-order valence-electron chi connectivity index (χ3n) is 3.57. The van der Waals surface area contributed by atoms with E-state index in [2.05, 4.69) is 15.2 Å². The van der Waals surface area contributed by atoms with Crippen molar-refractivity contribution in [3.63, 3.8) is 0 Å². The van der Waals surface area contributed by atoms with E-state index in [1.54, 1.807) is 18.5 Å². The van der Waals surface area contributed by atoms with Crippen LogP contribution in [0, 0.1) is 6.92 Å². The molecule has 0 aliphatic heterocycles. The molecule has 2 heterocycles. The number of hydrogen-bond donors (Lipinski definition) is 0. The normalized spacial score (nSPS) is 11.7. The molecule has 4 nitrogen and oxygen atoms in total. The Morgan fingerprint density at radius 1 is 1.17 bits per heavy atom. The summed E-state index contributed by atoms with van der Waals surface area (Å²) in [7, 11) is 0. The van der Waals surface area contributed by atoms with E-state index in [0.29, 0.717) is 23.4 Å². The average Bonchev–Trinajstić information content (AvgIpc) is 2.92. The summed E-state index contributed by atoms with van der Waals surface area (Å²) < 4.78 is 40.9. The van der Waals surface area contributed by atoms with Gasteiger partial charge in [0, 0.05) is 18.0 Å². The van der Waals surface area contributed by atoms with E-state index in [0.717, 1.165) is 11.9 Å². The van der Waals surface area contributed by atoms with Crippen molar-refractivity contribution in [3.8, 4) is 11.1 Å². The van der Waals surface area contributed by atoms with Crippen LogP contribution in [0.1, 0.15) is 17.1 Å². The zero-order valence-corrected chi connectivity index (χ0v) is 13.3. The first-order valence-electron chi connectivity index (χ1n) is 7.01. The van der Waals surface area contributed by atoms with Crippen LogP contribution in [0.25, 0.3) is 11.1 Å². The van der Waals surface area contributed by atoms with Gasteiger partial charge in [-0.15, -0.1) is 0 Å². The maximum Gasteiger partial charge on any atom is 0.417 e. The van der Waals surface area contributed by atoms with Gasteiger partial charge in [0.1, 0.15) is 5.82 Å². The minimum Gasteiger partial charge on any atom is -0.329 e. The SMILES string of the molecule is Cc1nccn1Cc1cc(-c2ccc(Cl)c(C(F)(F)F)c2)cnn1. The van der Waals surface area contributed by atoms with Crippen molar-refractivity contribution >= 4 is 11.6 Å². The fourth-order valence-corrected chi connectivity index (χ4v) is 2.54. The standard InChI is InChI=1S/C16H12ClF3N4/c1-10-21-4-5-24(10)9-13-6-12(8-22-23-13)11-2-3-15(17)14(7-11)16(18,19)20/h2-8H,9H2,1H3. The third-order valence-corrected chi connectivity index (χ3v) is 3.90. The fraction of sp³-hybridized carbons (Fsp3) is 0.188. The van der Waals surface area contributed by atoms with Gasteiger partial charge in [-0.25, -0.2) is 4.98 Å². The van der Waals surface area contributed by atoms with Gasteiger partial charge in [-0.2, -0.15) is 23.4 Å². The lowest BCUT2D eigenvalue weighted by molar-refractivity contribution is -0.137. The summed E-state index contributed by atoms with van der Waals surface area (Å²) in [5, 5.41) is 7.58. The zero-order chi connectivity index (χ0) is 17.3. The van der Waals surface area contributed by atoms with Gasteiger partial charge < -0.3 is 4.57 Å². The third kappa shape index (κ3) is 3.41. The van der Waals surface area contributed by atoms with Crippen molar-refractivity contribution in [2.24, 2.45) is 0 Å². The Labute approximate surface area is 140 Å². The van der Waals surface area contributed by atoms with Gasteiger partial charge in [0.15, 0.2) is 0 Å². The van der Waals surface area contributed by atoms with Crippen LogP contribution in [0.5, 0.6) is 0 Å². The molecule has 0 aliphatic rings. The molecule has 0 amide bonds. The number of rotatable bonds is 3. The average molecular weight is 353 g/mol. The molecule has 24 heavy (non-hydrogen) atoms. The highest BCUT2D eigenvalue weighted by Crippen LogP contribution is 2.37. The molecule has 0 spiro atoms. The molecular formula is C16H12ClF3N4. The molecule has 0 fully saturated rings. The molecule has 0 atom stereocenters. The number of imidazole rings is 1. The van der Waals surface area contributed by atoms with Crippen molar-refractivity contribution in [1.29, 1.82) is 0 Å². The number of halogens is 4. The Balaban J connectivity index is 1.96. The van der Waals surface area contributed by atoms with Crippen LogP contribution in [0.2, 0.25) is 5.02 Å². The van der Waals surface area contributed by atoms with Crippen molar-refractivity contribution in [2.75, 3.05) is 0 Å². The summed E-state index contributed by atoms with van der Waals surface area (Å²) in [6.07, 6.45) is 0.382. The topological polar surface area (TPSA) is 43.6 Å². The number of benzene rings is 1. The van der Waals surface area contributed by atoms with E-state index in [1.165, 1.54) is 18.3 Å². The zero-order valence-electron chi connectivity index (χ0n) is 12.5. The van der Waals surface area contributed by atoms with Crippen LogP contribution >= 0.6 is 11.6 Å². The molecule has 2 aromatic heterocycles. The molecule has 0 N–H and O–H groups in total. The van der Waals surface area contributed by atoms with E-state index >= 15 is 0 Å². The minimum atomic E-state index is -4.51. The molecule has 0 aliphatic carbocycles. The van der Waals surface area contributed by atoms with E-state index in [-0.39, 0.29) is 5.02 Å². The van der Waals surface area contributed by atoms with Gasteiger partial charge in [-0.05, 0) is 30.7 Å². The second-order valence-electron chi connectivity index (χ2n) is 5.23. The molecule has 0 saturated carbocycles. The highest BCUT2D eigenvalue weighted by molar-refractivity contribution is 6.31. The van der Waals surface area contributed by atoms with Crippen LogP contribution in [-0.2, 0) is 12.7 Å². The fourth-order valence-electron chi connectivity index (χ4n) is 2.31. The highest BCUT2D eigenvalue weighted by atomic mass is 35.5. The smallest absolute Gasteiger partial charge is 0.329 e. The Morgan fingerprint density at radius 2 is 1.96 bits per heavy atom. The van der Waals surface area contributed by atoms with E-state index < -0.39 is 11.7 Å². The second kappa shape index (κ2) is 6.24. The summed E-state index contributed by atoms with van der Waals surface area (Å²) in [5.74, 6) is 0.813. The van der Waals surface area contributed by atoms with Gasteiger partial charge in [0.2, 0.25) is 0 Å². The molecule has 0 bridgehead atoms. The lowest BCUT2D eigenvalue weighted by Gasteiger charge is -2.11. The van der Waals surface area contributed by atoms with E-state index in [4.69, 9.17) is 11.6 Å². The Kier molecular flexibility index (Phi) is 4.28. The molecule has 1 aromatic carbocycles. The molecule has 124 valence electrons. The Bertz CT molecular complexity index is 874. The largest absolute Gasteiger partial charge is 0.417 e. The highest BCUT2D eigenvalue weighted by Gasteiger charge is 2.33. The lowest BCUT2D eigenvalue weighted by Crippen LogP contribution is -2.06. The van der Waals surface area contributed by atoms with Crippen LogP contribution in [0.15, 0.2) is 42.9 Å². The summed E-state index contributed by atoms with van der Waals surface area (Å²) in [5.41, 5.74) is 0.674. The molecule has 3 rings (SSSR count). The van der Waals surface area contributed by atoms with Crippen LogP contribution in [0.3, 0.4) is 0 Å². The first-order chi connectivity index (χ1) is 11.3. The van der Waals surface area contributed by atoms with Crippen molar-refractivity contribution < 1.29 is 13.2 Å². The van der Waals surface area contributed by atoms with Gasteiger partial charge >= 0.3 is 6.18 Å². The van der Waals surface area contributed by atoms with Crippen molar-refractivity contribution in [1.82, 2.24) is 19.7 Å². The summed E-state index contributed by atoms with van der Waals surface area (Å²) in [6, 6.07) is 5.49. The van der Waals surface area contributed by atoms with E-state index in [9.17, 15) is 13.2 Å². The monoisotopic (exact) mass is 352 g/mol. The maximum atomic E-state index is 13.0. The quantitative estimate of drug-likeness (QED) is 0.703. The van der Waals surface area contributed by atoms with Gasteiger partial charge in [-0.3, -0.25) is 0 Å². The molecular weight excluding hydrogens is 341 g/mol. The van der Waals surface area contributed by atoms with E-state index in [1.807, 2.05) is 11.5 Å². The van der Waals surface area contributed by atoms with Gasteiger partial charge in [-0.1, -0.05) is 17.7 Å². The molecule has 0 unspecified atom stereocenters. The van der Waals surface area contributed by atoms with Crippen molar-refractivity contribution in [3.05, 3.63) is 65.0 Å². The minimum absolute atomic E-state index is 0.331. The first kappa shape index (κ1) is 16.4. The summed E-state index contributed by atoms with van der Waals surface area (Å²) >= 11 is 5.65. The molecule has 0 radical (unpaired) electrons. The van der Waals surface area contributed by atoms with Crippen LogP contribution in [0.4, 0.5) is 13.2 Å². The second-order valence-corrected chi connectivity index (χ2v) is 5.64. The van der Waals surface area contributed by atoms with Gasteiger partial charge in [0.25, 0.3) is 0 Å². The first-order valence-corrected chi connectivity index (χ1v) is 7.39. The molecule has 0 saturated heterocycles. The predicted molar refractivity (Wildman–Crippen MR) is 83.5 cm³/mol. The maximum absolute atomic E-state index is 13.0. The Hall–Kier alpha value is -2.41. The van der Waals surface area contributed by atoms with Crippen molar-refractivity contribution in [2.45, 2.75) is 19.6 Å². The number of nitrogens with zero attached hydrogens (tertiary/aromatic N) is 4. The summed E-state index contributed by atoms with van der Waals surface area (Å²) in [6.45, 7) is 2.29. The number of hydrogen-bond acceptors (Lipinski definition) is 3. The summed E-state index contributed by atoms with van der Waals surface area (Å²) in [4.78, 5) is 4.12. The van der Waals surface area contributed by atoms with Crippen LogP contribution in [-0.4, -0.2) is 19.7 Å². The number of alkyl halides is 3. The van der Waals surface area contributed by atoms with Gasteiger partial charge in [0.05, 0.1) is 29.0 Å². The lowest BCUT2D eigenvalue weighted by atomic mass is 10.0. The number of aromatic nitrogens is 4.